The van der Waals surface area contributed by atoms with Crippen LogP contribution in [0.25, 0.3) is 0 Å². The van der Waals surface area contributed by atoms with Crippen molar-refractivity contribution in [3.8, 4) is 11.5 Å². The number of hydrogen-bond donors (Lipinski definition) is 1. The summed E-state index contributed by atoms with van der Waals surface area (Å²) in [6.07, 6.45) is 4.55. The van der Waals surface area contributed by atoms with Gasteiger partial charge in [0.25, 0.3) is 0 Å². The Morgan fingerprint density at radius 1 is 1.26 bits per heavy atom. The molecule has 2 aromatic rings. The standard InChI is InChI=1S/C26H36N4O4/c1-7-33-20-11-9-18(13-22(20)32-6)24-23(17(5)29-26-27-14-28-30(24)26)25(31)34-21-12-16(4)8-10-19(21)15(2)3/h9,11,13-16,19,21,24H,7-8,10,12H2,1-6H3,(H,27,28,29)/t16-,19-,21+,24+/m0/s1. The van der Waals surface area contributed by atoms with Gasteiger partial charge in [0.1, 0.15) is 18.5 Å². The second-order valence-corrected chi connectivity index (χ2v) is 9.71. The first-order valence-corrected chi connectivity index (χ1v) is 12.2. The molecule has 8 heteroatoms. The van der Waals surface area contributed by atoms with E-state index in [4.69, 9.17) is 14.2 Å². The van der Waals surface area contributed by atoms with Crippen molar-refractivity contribution in [3.05, 3.63) is 41.4 Å². The molecular weight excluding hydrogens is 432 g/mol. The van der Waals surface area contributed by atoms with Crippen LogP contribution in [0.1, 0.15) is 65.5 Å². The van der Waals surface area contributed by atoms with Gasteiger partial charge in [0.05, 0.1) is 19.3 Å². The number of methoxy groups -OCH3 is 1. The molecule has 0 saturated heterocycles. The second-order valence-electron chi connectivity index (χ2n) is 9.71. The van der Waals surface area contributed by atoms with Gasteiger partial charge in [0, 0.05) is 5.70 Å². The highest BCUT2D eigenvalue weighted by molar-refractivity contribution is 5.92. The molecule has 4 rings (SSSR count). The maximum Gasteiger partial charge on any atom is 0.338 e. The number of nitrogens with one attached hydrogen (secondary N) is 1. The van der Waals surface area contributed by atoms with E-state index in [2.05, 4.69) is 36.2 Å². The zero-order chi connectivity index (χ0) is 24.4. The minimum Gasteiger partial charge on any atom is -0.493 e. The molecule has 1 aliphatic heterocycles. The van der Waals surface area contributed by atoms with Gasteiger partial charge in [-0.05, 0) is 62.1 Å². The first-order valence-electron chi connectivity index (χ1n) is 12.2. The van der Waals surface area contributed by atoms with Crippen LogP contribution >= 0.6 is 0 Å². The van der Waals surface area contributed by atoms with Gasteiger partial charge in [-0.25, -0.2) is 9.48 Å². The minimum atomic E-state index is -0.491. The fourth-order valence-corrected chi connectivity index (χ4v) is 5.24. The van der Waals surface area contributed by atoms with Crippen LogP contribution in [0.2, 0.25) is 0 Å². The molecule has 0 amide bonds. The summed E-state index contributed by atoms with van der Waals surface area (Å²) in [7, 11) is 1.61. The number of aromatic nitrogens is 3. The summed E-state index contributed by atoms with van der Waals surface area (Å²) < 4.78 is 19.2. The van der Waals surface area contributed by atoms with Gasteiger partial charge in [-0.1, -0.05) is 33.3 Å². The number of esters is 1. The molecule has 4 atom stereocenters. The van der Waals surface area contributed by atoms with Crippen LogP contribution in [0.5, 0.6) is 11.5 Å². The van der Waals surface area contributed by atoms with Crippen LogP contribution < -0.4 is 14.8 Å². The summed E-state index contributed by atoms with van der Waals surface area (Å²) in [5, 5.41) is 7.65. The lowest BCUT2D eigenvalue weighted by molar-refractivity contribution is -0.151. The third-order valence-electron chi connectivity index (χ3n) is 7.04. The van der Waals surface area contributed by atoms with E-state index in [1.807, 2.05) is 32.0 Å². The number of carbonyl (C=O) groups is 1. The van der Waals surface area contributed by atoms with Crippen molar-refractivity contribution >= 4 is 11.9 Å². The van der Waals surface area contributed by atoms with Gasteiger partial charge in [-0.15, -0.1) is 0 Å². The average molecular weight is 469 g/mol. The predicted octanol–water partition coefficient (Wildman–Crippen LogP) is 4.98. The van der Waals surface area contributed by atoms with E-state index in [1.165, 1.54) is 12.7 Å². The molecule has 34 heavy (non-hydrogen) atoms. The van der Waals surface area contributed by atoms with Crippen LogP contribution in [0.4, 0.5) is 5.95 Å². The molecule has 1 aliphatic carbocycles. The van der Waals surface area contributed by atoms with Crippen molar-refractivity contribution in [2.24, 2.45) is 17.8 Å². The molecular formula is C26H36N4O4. The molecule has 1 saturated carbocycles. The normalized spacial score (nSPS) is 24.4. The van der Waals surface area contributed by atoms with E-state index in [-0.39, 0.29) is 12.1 Å². The Hall–Kier alpha value is -3.03. The van der Waals surface area contributed by atoms with E-state index in [9.17, 15) is 4.79 Å². The summed E-state index contributed by atoms with van der Waals surface area (Å²) in [5.41, 5.74) is 2.09. The monoisotopic (exact) mass is 468 g/mol. The SMILES string of the molecule is CCOc1ccc([C@@H]2C(C(=O)O[C@@H]3C[C@@H](C)CC[C@H]3C(C)C)=C(C)Nc3ncnn32)cc1OC. The second kappa shape index (κ2) is 10.1. The van der Waals surface area contributed by atoms with Gasteiger partial charge >= 0.3 is 5.97 Å². The molecule has 2 aliphatic rings. The third kappa shape index (κ3) is 4.63. The molecule has 0 spiro atoms. The van der Waals surface area contributed by atoms with Crippen molar-refractivity contribution in [1.29, 1.82) is 0 Å². The Bertz CT molecular complexity index is 1060. The summed E-state index contributed by atoms with van der Waals surface area (Å²) in [6, 6.07) is 5.21. The number of anilines is 1. The highest BCUT2D eigenvalue weighted by Gasteiger charge is 2.39. The lowest BCUT2D eigenvalue weighted by Crippen LogP contribution is -2.38. The van der Waals surface area contributed by atoms with Crippen molar-refractivity contribution in [2.75, 3.05) is 19.0 Å². The quantitative estimate of drug-likeness (QED) is 0.574. The first kappa shape index (κ1) is 24.1. The number of nitrogens with zero attached hydrogens (tertiary/aromatic N) is 3. The summed E-state index contributed by atoms with van der Waals surface area (Å²) in [4.78, 5) is 18.1. The van der Waals surface area contributed by atoms with Crippen LogP contribution in [0, 0.1) is 17.8 Å². The topological polar surface area (TPSA) is 87.5 Å². The zero-order valence-electron chi connectivity index (χ0n) is 21.0. The van der Waals surface area contributed by atoms with Crippen LogP contribution in [0.3, 0.4) is 0 Å². The Balaban J connectivity index is 1.71. The van der Waals surface area contributed by atoms with Crippen molar-refractivity contribution in [2.45, 2.75) is 66.0 Å². The van der Waals surface area contributed by atoms with Gasteiger partial charge in [-0.3, -0.25) is 0 Å². The molecule has 0 unspecified atom stereocenters. The highest BCUT2D eigenvalue weighted by Crippen LogP contribution is 2.41. The van der Waals surface area contributed by atoms with Gasteiger partial charge in [0.2, 0.25) is 5.95 Å². The summed E-state index contributed by atoms with van der Waals surface area (Å²) in [5.74, 6) is 2.89. The lowest BCUT2D eigenvalue weighted by Gasteiger charge is -2.37. The minimum absolute atomic E-state index is 0.0933. The van der Waals surface area contributed by atoms with Crippen LogP contribution in [-0.2, 0) is 9.53 Å². The predicted molar refractivity (Wildman–Crippen MR) is 130 cm³/mol. The molecule has 1 aromatic carbocycles. The molecule has 1 N–H and O–H groups in total. The Kier molecular flexibility index (Phi) is 7.14. The highest BCUT2D eigenvalue weighted by atomic mass is 16.5. The van der Waals surface area contributed by atoms with Crippen molar-refractivity contribution in [1.82, 2.24) is 14.8 Å². The fourth-order valence-electron chi connectivity index (χ4n) is 5.24. The molecule has 0 radical (unpaired) electrons. The van der Waals surface area contributed by atoms with E-state index in [0.29, 0.717) is 53.1 Å². The van der Waals surface area contributed by atoms with Crippen LogP contribution in [0.15, 0.2) is 35.8 Å². The molecule has 1 fully saturated rings. The van der Waals surface area contributed by atoms with Gasteiger partial charge in [-0.2, -0.15) is 10.1 Å². The average Bonchev–Trinajstić information content (AvgIpc) is 3.26. The molecule has 2 heterocycles. The number of rotatable bonds is 7. The van der Waals surface area contributed by atoms with Gasteiger partial charge < -0.3 is 19.5 Å². The van der Waals surface area contributed by atoms with E-state index < -0.39 is 6.04 Å². The molecule has 0 bridgehead atoms. The maximum atomic E-state index is 13.8. The number of ether oxygens (including phenoxy) is 3. The molecule has 1 aromatic heterocycles. The Morgan fingerprint density at radius 3 is 2.76 bits per heavy atom. The smallest absolute Gasteiger partial charge is 0.338 e. The molecule has 184 valence electrons. The maximum absolute atomic E-state index is 13.8. The summed E-state index contributed by atoms with van der Waals surface area (Å²) >= 11 is 0. The third-order valence-corrected chi connectivity index (χ3v) is 7.04. The fraction of sp³-hybridized carbons (Fsp3) is 0.577. The van der Waals surface area contributed by atoms with E-state index in [0.717, 1.165) is 18.4 Å². The first-order chi connectivity index (χ1) is 16.3. The number of allylic oxidation sites excluding steroid dienone is 1. The lowest BCUT2D eigenvalue weighted by atomic mass is 9.75. The number of fused-ring (bicyclic) bond motifs is 1. The van der Waals surface area contributed by atoms with Crippen molar-refractivity contribution < 1.29 is 19.0 Å². The largest absolute Gasteiger partial charge is 0.493 e. The van der Waals surface area contributed by atoms with Gasteiger partial charge in [0.15, 0.2) is 11.5 Å². The summed E-state index contributed by atoms with van der Waals surface area (Å²) in [6.45, 7) is 11.0. The van der Waals surface area contributed by atoms with Crippen molar-refractivity contribution in [3.63, 3.8) is 0 Å². The molecule has 8 nitrogen and oxygen atoms in total. The Morgan fingerprint density at radius 2 is 2.06 bits per heavy atom. The Labute approximate surface area is 201 Å². The van der Waals surface area contributed by atoms with E-state index >= 15 is 0 Å². The number of hydrogen-bond acceptors (Lipinski definition) is 7. The number of benzene rings is 1. The van der Waals surface area contributed by atoms with E-state index in [1.54, 1.807) is 11.8 Å². The van der Waals surface area contributed by atoms with Crippen LogP contribution in [-0.4, -0.2) is 40.6 Å². The number of carbonyl (C=O) groups excluding carboxylic acids is 1. The zero-order valence-corrected chi connectivity index (χ0v) is 21.0.